The lowest BCUT2D eigenvalue weighted by Gasteiger charge is -2.34. The molecule has 1 fully saturated rings. The van der Waals surface area contributed by atoms with Crippen LogP contribution in [-0.2, 0) is 12.0 Å². The first-order valence-corrected chi connectivity index (χ1v) is 9.79. The van der Waals surface area contributed by atoms with Crippen LogP contribution in [0.2, 0.25) is 10.0 Å². The van der Waals surface area contributed by atoms with Crippen molar-refractivity contribution in [1.82, 2.24) is 10.2 Å². The Hall–Kier alpha value is -1.60. The smallest absolute Gasteiger partial charge is 0.254 e. The molecule has 1 atom stereocenters. The summed E-state index contributed by atoms with van der Waals surface area (Å²) in [7, 11) is 1.69. The first-order valence-electron chi connectivity index (χ1n) is 9.03. The third-order valence-electron chi connectivity index (χ3n) is 5.53. The van der Waals surface area contributed by atoms with Gasteiger partial charge in [0.25, 0.3) is 5.91 Å². The summed E-state index contributed by atoms with van der Waals surface area (Å²) < 4.78 is 29.5. The number of amides is 1. The number of anilines is 1. The van der Waals surface area contributed by atoms with Crippen molar-refractivity contribution in [1.29, 1.82) is 0 Å². The largest absolute Gasteiger partial charge is 0.374 e. The first-order chi connectivity index (χ1) is 13.3. The van der Waals surface area contributed by atoms with Crippen LogP contribution in [0.15, 0.2) is 24.3 Å². The molecule has 2 aromatic carbocycles. The van der Waals surface area contributed by atoms with Crippen molar-refractivity contribution in [3.63, 3.8) is 0 Å². The third-order valence-corrected chi connectivity index (χ3v) is 6.34. The van der Waals surface area contributed by atoms with Gasteiger partial charge >= 0.3 is 0 Å². The van der Waals surface area contributed by atoms with Crippen LogP contribution < -0.4 is 10.6 Å². The highest BCUT2D eigenvalue weighted by Gasteiger charge is 2.40. The summed E-state index contributed by atoms with van der Waals surface area (Å²) in [6.07, 6.45) is 0.988. The molecule has 1 saturated heterocycles. The van der Waals surface area contributed by atoms with E-state index in [1.165, 1.54) is 18.2 Å². The van der Waals surface area contributed by atoms with Crippen molar-refractivity contribution in [2.24, 2.45) is 0 Å². The number of hydrogen-bond donors (Lipinski definition) is 2. The molecule has 9 heteroatoms. The highest BCUT2D eigenvalue weighted by Crippen LogP contribution is 2.41. The van der Waals surface area contributed by atoms with Gasteiger partial charge in [0.1, 0.15) is 11.6 Å². The lowest BCUT2D eigenvalue weighted by Crippen LogP contribution is -2.39. The van der Waals surface area contributed by atoms with Gasteiger partial charge in [0, 0.05) is 42.5 Å². The molecule has 0 aromatic heterocycles. The van der Waals surface area contributed by atoms with E-state index in [-0.39, 0.29) is 33.9 Å². The van der Waals surface area contributed by atoms with Gasteiger partial charge in [-0.2, -0.15) is 0 Å². The molecule has 0 aliphatic carbocycles. The quantitative estimate of drug-likeness (QED) is 0.654. The predicted octanol–water partition coefficient (Wildman–Crippen LogP) is 4.62. The van der Waals surface area contributed by atoms with Crippen LogP contribution in [0.1, 0.15) is 27.9 Å². The first kappa shape index (κ1) is 22.1. The van der Waals surface area contributed by atoms with Crippen LogP contribution in [0.5, 0.6) is 0 Å². The van der Waals surface area contributed by atoms with E-state index in [1.807, 2.05) is 0 Å². The number of carbonyl (C=O) groups excluding carboxylic acids is 1. The Morgan fingerprint density at radius 2 is 1.97 bits per heavy atom. The van der Waals surface area contributed by atoms with Crippen molar-refractivity contribution in [2.45, 2.75) is 18.4 Å². The molecule has 2 aromatic rings. The van der Waals surface area contributed by atoms with Crippen LogP contribution in [0.4, 0.5) is 14.5 Å². The van der Waals surface area contributed by atoms with Gasteiger partial charge in [-0.1, -0.05) is 23.2 Å². The SMILES string of the molecule is CN1CCc2c(F)cc(NC3(c4c(F)ccc(Cl)c4Cl)CCNC3)cc2C1=O.Cl. The fraction of sp³-hybridized carbons (Fsp3) is 0.350. The van der Waals surface area contributed by atoms with Crippen molar-refractivity contribution in [3.8, 4) is 0 Å². The van der Waals surface area contributed by atoms with E-state index in [9.17, 15) is 13.6 Å². The van der Waals surface area contributed by atoms with Gasteiger partial charge in [0.2, 0.25) is 0 Å². The Bertz CT molecular complexity index is 964. The number of rotatable bonds is 3. The zero-order valence-electron chi connectivity index (χ0n) is 15.6. The number of nitrogens with one attached hydrogen (secondary N) is 2. The Morgan fingerprint density at radius 3 is 2.66 bits per heavy atom. The molecule has 2 aliphatic rings. The van der Waals surface area contributed by atoms with Crippen LogP contribution in [0.3, 0.4) is 0 Å². The van der Waals surface area contributed by atoms with E-state index < -0.39 is 17.2 Å². The molecule has 0 bridgehead atoms. The molecular formula is C20H20Cl3F2N3O. The minimum atomic E-state index is -0.906. The van der Waals surface area contributed by atoms with Gasteiger partial charge in [0.05, 0.1) is 15.6 Å². The summed E-state index contributed by atoms with van der Waals surface area (Å²) in [6, 6.07) is 5.67. The monoisotopic (exact) mass is 461 g/mol. The summed E-state index contributed by atoms with van der Waals surface area (Å²) in [4.78, 5) is 14.0. The molecule has 156 valence electrons. The fourth-order valence-electron chi connectivity index (χ4n) is 4.06. The molecule has 2 aliphatic heterocycles. The predicted molar refractivity (Wildman–Crippen MR) is 114 cm³/mol. The number of likely N-dealkylation sites (N-methyl/N-ethyl adjacent to an activating group) is 1. The summed E-state index contributed by atoms with van der Waals surface area (Å²) in [5.41, 5.74) is 0.484. The molecular weight excluding hydrogens is 443 g/mol. The lowest BCUT2D eigenvalue weighted by atomic mass is 9.87. The van der Waals surface area contributed by atoms with Gasteiger partial charge < -0.3 is 15.5 Å². The summed E-state index contributed by atoms with van der Waals surface area (Å²) in [6.45, 7) is 1.49. The molecule has 0 radical (unpaired) electrons. The molecule has 29 heavy (non-hydrogen) atoms. The number of carbonyl (C=O) groups is 1. The van der Waals surface area contributed by atoms with E-state index in [1.54, 1.807) is 18.0 Å². The van der Waals surface area contributed by atoms with Gasteiger partial charge in [-0.15, -0.1) is 12.4 Å². The van der Waals surface area contributed by atoms with Crippen LogP contribution in [0.25, 0.3) is 0 Å². The molecule has 0 saturated carbocycles. The van der Waals surface area contributed by atoms with Crippen molar-refractivity contribution >= 4 is 47.2 Å². The summed E-state index contributed by atoms with van der Waals surface area (Å²) in [5.74, 6) is -1.16. The van der Waals surface area contributed by atoms with E-state index in [4.69, 9.17) is 23.2 Å². The van der Waals surface area contributed by atoms with E-state index in [0.29, 0.717) is 49.3 Å². The molecule has 2 N–H and O–H groups in total. The normalized spacial score (nSPS) is 21.0. The average Bonchev–Trinajstić information content (AvgIpc) is 3.11. The zero-order chi connectivity index (χ0) is 20.1. The van der Waals surface area contributed by atoms with E-state index >= 15 is 0 Å². The zero-order valence-corrected chi connectivity index (χ0v) is 17.9. The number of fused-ring (bicyclic) bond motifs is 1. The molecule has 1 amide bonds. The topological polar surface area (TPSA) is 44.4 Å². The van der Waals surface area contributed by atoms with Crippen LogP contribution in [-0.4, -0.2) is 37.5 Å². The number of halogens is 5. The third kappa shape index (κ3) is 3.79. The summed E-state index contributed by atoms with van der Waals surface area (Å²) >= 11 is 12.5. The Labute approximate surface area is 184 Å². The summed E-state index contributed by atoms with van der Waals surface area (Å²) in [5, 5.41) is 6.83. The second-order valence-electron chi connectivity index (χ2n) is 7.31. The number of nitrogens with zero attached hydrogens (tertiary/aromatic N) is 1. The average molecular weight is 463 g/mol. The Morgan fingerprint density at radius 1 is 1.21 bits per heavy atom. The molecule has 2 heterocycles. The standard InChI is InChI=1S/C20H19Cl2F2N3O.ClH/c1-27-7-4-12-13(19(27)28)8-11(9-16(12)24)26-20(5-6-25-10-20)17-15(23)3-2-14(21)18(17)22;/h2-3,8-9,25-26H,4-7,10H2,1H3;1H. The van der Waals surface area contributed by atoms with E-state index in [0.717, 1.165) is 0 Å². The lowest BCUT2D eigenvalue weighted by molar-refractivity contribution is 0.0779. The maximum absolute atomic E-state index is 14.8. The van der Waals surface area contributed by atoms with Gasteiger partial charge in [-0.3, -0.25) is 4.79 Å². The highest BCUT2D eigenvalue weighted by molar-refractivity contribution is 6.42. The van der Waals surface area contributed by atoms with Crippen LogP contribution in [0, 0.1) is 11.6 Å². The van der Waals surface area contributed by atoms with Gasteiger partial charge in [-0.25, -0.2) is 8.78 Å². The fourth-order valence-corrected chi connectivity index (χ4v) is 4.55. The maximum atomic E-state index is 14.8. The molecule has 0 spiro atoms. The second-order valence-corrected chi connectivity index (χ2v) is 8.10. The van der Waals surface area contributed by atoms with Crippen molar-refractivity contribution in [2.75, 3.05) is 32.0 Å². The van der Waals surface area contributed by atoms with Gasteiger partial charge in [-0.05, 0) is 43.7 Å². The second kappa shape index (κ2) is 8.26. The molecule has 4 rings (SSSR count). The van der Waals surface area contributed by atoms with Gasteiger partial charge in [0.15, 0.2) is 0 Å². The van der Waals surface area contributed by atoms with Crippen molar-refractivity contribution in [3.05, 3.63) is 62.6 Å². The van der Waals surface area contributed by atoms with Crippen LogP contribution >= 0.6 is 35.6 Å². The molecule has 1 unspecified atom stereocenters. The number of benzene rings is 2. The Kier molecular flexibility index (Phi) is 6.30. The minimum Gasteiger partial charge on any atom is -0.374 e. The van der Waals surface area contributed by atoms with E-state index in [2.05, 4.69) is 10.6 Å². The highest BCUT2D eigenvalue weighted by atomic mass is 35.5. The Balaban J connectivity index is 0.00000240. The minimum absolute atomic E-state index is 0. The number of hydrogen-bond acceptors (Lipinski definition) is 3. The maximum Gasteiger partial charge on any atom is 0.254 e. The molecule has 4 nitrogen and oxygen atoms in total. The van der Waals surface area contributed by atoms with Crippen molar-refractivity contribution < 1.29 is 13.6 Å².